The van der Waals surface area contributed by atoms with Gasteiger partial charge in [0.1, 0.15) is 0 Å². The zero-order chi connectivity index (χ0) is 13.2. The van der Waals surface area contributed by atoms with E-state index < -0.39 is 24.1 Å². The van der Waals surface area contributed by atoms with Gasteiger partial charge in [0.2, 0.25) is 0 Å². The molecule has 0 spiro atoms. The van der Waals surface area contributed by atoms with E-state index >= 15 is 0 Å². The Morgan fingerprint density at radius 2 is 2.06 bits per heavy atom. The van der Waals surface area contributed by atoms with Gasteiger partial charge in [0.25, 0.3) is 0 Å². The quantitative estimate of drug-likeness (QED) is 0.868. The predicted molar refractivity (Wildman–Crippen MR) is 52.2 cm³/mol. The number of alkyl halides is 3. The van der Waals surface area contributed by atoms with Gasteiger partial charge in [-0.2, -0.15) is 18.4 Å². The molecule has 0 heterocycles. The Labute approximate surface area is 95.1 Å². The largest absolute Gasteiger partial charge is 0.481 e. The van der Waals surface area contributed by atoms with Crippen molar-refractivity contribution in [1.82, 2.24) is 0 Å². The maximum atomic E-state index is 12.6. The summed E-state index contributed by atoms with van der Waals surface area (Å²) in [6.45, 7) is 1.17. The molecule has 0 fully saturated rings. The van der Waals surface area contributed by atoms with Crippen molar-refractivity contribution in [2.75, 3.05) is 0 Å². The third kappa shape index (κ3) is 2.75. The summed E-state index contributed by atoms with van der Waals surface area (Å²) in [6.07, 6.45) is -5.15. The van der Waals surface area contributed by atoms with Gasteiger partial charge in [0.05, 0.1) is 23.6 Å². The van der Waals surface area contributed by atoms with E-state index in [2.05, 4.69) is 0 Å². The monoisotopic (exact) mass is 243 g/mol. The number of carboxylic acid groups (broad SMARTS) is 1. The van der Waals surface area contributed by atoms with Crippen LogP contribution in [-0.2, 0) is 17.4 Å². The lowest BCUT2D eigenvalue weighted by atomic mass is 9.95. The summed E-state index contributed by atoms with van der Waals surface area (Å²) < 4.78 is 37.7. The van der Waals surface area contributed by atoms with Crippen LogP contribution < -0.4 is 0 Å². The van der Waals surface area contributed by atoms with Crippen LogP contribution in [0.15, 0.2) is 12.1 Å². The van der Waals surface area contributed by atoms with E-state index in [-0.39, 0.29) is 16.7 Å². The highest BCUT2D eigenvalue weighted by Crippen LogP contribution is 2.34. The lowest BCUT2D eigenvalue weighted by Gasteiger charge is -2.14. The van der Waals surface area contributed by atoms with Crippen molar-refractivity contribution in [3.05, 3.63) is 34.4 Å². The van der Waals surface area contributed by atoms with Gasteiger partial charge in [-0.25, -0.2) is 0 Å². The summed E-state index contributed by atoms with van der Waals surface area (Å²) in [5.41, 5.74) is -1.25. The number of hydrogen-bond acceptors (Lipinski definition) is 2. The molecule has 90 valence electrons. The van der Waals surface area contributed by atoms with E-state index in [1.54, 1.807) is 6.07 Å². The van der Waals surface area contributed by atoms with E-state index in [0.29, 0.717) is 0 Å². The first-order valence-corrected chi connectivity index (χ1v) is 4.59. The number of aliphatic carboxylic acids is 1. The number of halogens is 3. The fraction of sp³-hybridized carbons (Fsp3) is 0.273. The number of carbonyl (C=O) groups is 1. The molecule has 0 aliphatic heterocycles. The normalized spacial score (nSPS) is 11.0. The van der Waals surface area contributed by atoms with Crippen molar-refractivity contribution >= 4 is 5.97 Å². The lowest BCUT2D eigenvalue weighted by Crippen LogP contribution is -2.12. The molecule has 0 radical (unpaired) electrons. The standard InChI is InChI=1S/C11H8F3NO2/c1-6-8(4-10(16)17)7(5-15)2-3-9(6)11(12,13)14/h2-3H,4H2,1H3,(H,16,17). The van der Waals surface area contributed by atoms with Gasteiger partial charge in [-0.15, -0.1) is 0 Å². The second kappa shape index (κ2) is 4.45. The van der Waals surface area contributed by atoms with Crippen LogP contribution in [0.2, 0.25) is 0 Å². The Morgan fingerprint density at radius 3 is 2.47 bits per heavy atom. The van der Waals surface area contributed by atoms with E-state index in [0.717, 1.165) is 12.1 Å². The average Bonchev–Trinajstić information content (AvgIpc) is 2.18. The Balaban J connectivity index is 3.44. The van der Waals surface area contributed by atoms with E-state index in [1.807, 2.05) is 0 Å². The summed E-state index contributed by atoms with van der Waals surface area (Å²) in [7, 11) is 0. The minimum absolute atomic E-state index is 0.0436. The van der Waals surface area contributed by atoms with Gasteiger partial charge < -0.3 is 5.11 Å². The predicted octanol–water partition coefficient (Wildman–Crippen LogP) is 2.51. The molecule has 0 aliphatic rings. The highest BCUT2D eigenvalue weighted by atomic mass is 19.4. The molecule has 1 aromatic carbocycles. The zero-order valence-electron chi connectivity index (χ0n) is 8.80. The van der Waals surface area contributed by atoms with Crippen LogP contribution in [-0.4, -0.2) is 11.1 Å². The van der Waals surface area contributed by atoms with Gasteiger partial charge in [-0.3, -0.25) is 4.79 Å². The fourth-order valence-electron chi connectivity index (χ4n) is 1.55. The molecule has 0 bridgehead atoms. The number of benzene rings is 1. The molecule has 0 saturated heterocycles. The number of hydrogen-bond donors (Lipinski definition) is 1. The minimum atomic E-state index is -4.55. The van der Waals surface area contributed by atoms with E-state index in [1.165, 1.54) is 6.92 Å². The molecule has 17 heavy (non-hydrogen) atoms. The van der Waals surface area contributed by atoms with Crippen molar-refractivity contribution < 1.29 is 23.1 Å². The van der Waals surface area contributed by atoms with E-state index in [4.69, 9.17) is 10.4 Å². The summed E-state index contributed by atoms with van der Waals surface area (Å²) in [5.74, 6) is -1.27. The van der Waals surface area contributed by atoms with Gasteiger partial charge in [0.15, 0.2) is 0 Å². The van der Waals surface area contributed by atoms with Crippen LogP contribution in [0.5, 0.6) is 0 Å². The molecule has 1 aromatic rings. The third-order valence-corrected chi connectivity index (χ3v) is 2.35. The summed E-state index contributed by atoms with van der Waals surface area (Å²) >= 11 is 0. The molecular formula is C11H8F3NO2. The van der Waals surface area contributed by atoms with Crippen LogP contribution >= 0.6 is 0 Å². The highest BCUT2D eigenvalue weighted by Gasteiger charge is 2.33. The molecule has 0 unspecified atom stereocenters. The van der Waals surface area contributed by atoms with Crippen molar-refractivity contribution in [1.29, 1.82) is 5.26 Å². The first-order valence-electron chi connectivity index (χ1n) is 4.59. The highest BCUT2D eigenvalue weighted by molar-refractivity contribution is 5.72. The van der Waals surface area contributed by atoms with Crippen LogP contribution in [0.3, 0.4) is 0 Å². The van der Waals surface area contributed by atoms with Crippen LogP contribution in [0.1, 0.15) is 22.3 Å². The average molecular weight is 243 g/mol. The molecule has 0 aromatic heterocycles. The topological polar surface area (TPSA) is 61.1 Å². The SMILES string of the molecule is Cc1c(C(F)(F)F)ccc(C#N)c1CC(=O)O. The molecule has 0 saturated carbocycles. The van der Waals surface area contributed by atoms with Crippen molar-refractivity contribution in [2.24, 2.45) is 0 Å². The molecule has 1 N–H and O–H groups in total. The van der Waals surface area contributed by atoms with Gasteiger partial charge in [0, 0.05) is 0 Å². The Hall–Kier alpha value is -2.03. The van der Waals surface area contributed by atoms with Gasteiger partial charge in [-0.1, -0.05) is 0 Å². The van der Waals surface area contributed by atoms with Gasteiger partial charge >= 0.3 is 12.1 Å². The number of nitrogens with zero attached hydrogens (tertiary/aromatic N) is 1. The molecule has 0 amide bonds. The smallest absolute Gasteiger partial charge is 0.416 e. The zero-order valence-corrected chi connectivity index (χ0v) is 8.80. The summed E-state index contributed by atoms with van der Waals surface area (Å²) in [4.78, 5) is 10.6. The van der Waals surface area contributed by atoms with Crippen LogP contribution in [0, 0.1) is 18.3 Å². The van der Waals surface area contributed by atoms with Crippen molar-refractivity contribution in [2.45, 2.75) is 19.5 Å². The summed E-state index contributed by atoms with van der Waals surface area (Å²) in [5, 5.41) is 17.3. The molecule has 1 rings (SSSR count). The Morgan fingerprint density at radius 1 is 1.47 bits per heavy atom. The molecule has 6 heteroatoms. The number of nitriles is 1. The van der Waals surface area contributed by atoms with Crippen molar-refractivity contribution in [3.8, 4) is 6.07 Å². The fourth-order valence-corrected chi connectivity index (χ4v) is 1.55. The van der Waals surface area contributed by atoms with E-state index in [9.17, 15) is 18.0 Å². The number of rotatable bonds is 2. The molecule has 0 aliphatic carbocycles. The summed E-state index contributed by atoms with van der Waals surface area (Å²) in [6, 6.07) is 3.47. The molecular weight excluding hydrogens is 235 g/mol. The third-order valence-electron chi connectivity index (χ3n) is 2.35. The maximum Gasteiger partial charge on any atom is 0.416 e. The van der Waals surface area contributed by atoms with Gasteiger partial charge in [-0.05, 0) is 30.2 Å². The molecule has 0 atom stereocenters. The molecule has 3 nitrogen and oxygen atoms in total. The Kier molecular flexibility index (Phi) is 3.42. The second-order valence-corrected chi connectivity index (χ2v) is 3.44. The van der Waals surface area contributed by atoms with Crippen LogP contribution in [0.4, 0.5) is 13.2 Å². The first-order chi connectivity index (χ1) is 7.77. The number of carboxylic acids is 1. The van der Waals surface area contributed by atoms with Crippen molar-refractivity contribution in [3.63, 3.8) is 0 Å². The van der Waals surface area contributed by atoms with Crippen LogP contribution in [0.25, 0.3) is 0 Å². The minimum Gasteiger partial charge on any atom is -0.481 e. The lowest BCUT2D eigenvalue weighted by molar-refractivity contribution is -0.139. The second-order valence-electron chi connectivity index (χ2n) is 3.44. The maximum absolute atomic E-state index is 12.6. The first kappa shape index (κ1) is 13.0. The Bertz CT molecular complexity index is 501.